The molecule has 152 valence electrons. The lowest BCUT2D eigenvalue weighted by Crippen LogP contribution is -2.41. The van der Waals surface area contributed by atoms with Gasteiger partial charge >= 0.3 is 0 Å². The number of morpholine rings is 1. The molecule has 4 rings (SSSR count). The molecule has 0 N–H and O–H groups in total. The summed E-state index contributed by atoms with van der Waals surface area (Å²) in [5.41, 5.74) is 3.77. The van der Waals surface area contributed by atoms with E-state index in [1.807, 2.05) is 31.0 Å². The van der Waals surface area contributed by atoms with Crippen LogP contribution >= 0.6 is 0 Å². The van der Waals surface area contributed by atoms with E-state index < -0.39 is 0 Å². The van der Waals surface area contributed by atoms with E-state index in [1.165, 1.54) is 16.8 Å². The first kappa shape index (κ1) is 19.8. The highest BCUT2D eigenvalue weighted by molar-refractivity contribution is 5.16. The molecule has 0 amide bonds. The van der Waals surface area contributed by atoms with Gasteiger partial charge < -0.3 is 9.30 Å². The Morgan fingerprint density at radius 2 is 1.72 bits per heavy atom. The van der Waals surface area contributed by atoms with Gasteiger partial charge in [-0.05, 0) is 17.2 Å². The summed E-state index contributed by atoms with van der Waals surface area (Å²) >= 11 is 0. The van der Waals surface area contributed by atoms with Crippen LogP contribution in [0.4, 0.5) is 0 Å². The zero-order chi connectivity index (χ0) is 19.7. The predicted octanol–water partition coefficient (Wildman–Crippen LogP) is 2.66. The average Bonchev–Trinajstić information content (AvgIpc) is 3.20. The van der Waals surface area contributed by atoms with Crippen molar-refractivity contribution in [2.75, 3.05) is 39.4 Å². The fourth-order valence-corrected chi connectivity index (χ4v) is 3.70. The third kappa shape index (κ3) is 5.97. The van der Waals surface area contributed by atoms with Crippen molar-refractivity contribution in [1.29, 1.82) is 0 Å². The van der Waals surface area contributed by atoms with Crippen molar-refractivity contribution < 1.29 is 4.74 Å². The first-order chi connectivity index (χ1) is 14.4. The Morgan fingerprint density at radius 1 is 0.897 bits per heavy atom. The lowest BCUT2D eigenvalue weighted by molar-refractivity contribution is 0.0323. The largest absolute Gasteiger partial charge is 0.379 e. The van der Waals surface area contributed by atoms with Gasteiger partial charge in [0, 0.05) is 64.4 Å². The Morgan fingerprint density at radius 3 is 2.52 bits per heavy atom. The van der Waals surface area contributed by atoms with E-state index in [4.69, 9.17) is 4.74 Å². The summed E-state index contributed by atoms with van der Waals surface area (Å²) < 4.78 is 7.73. The van der Waals surface area contributed by atoms with Crippen molar-refractivity contribution in [2.24, 2.45) is 0 Å². The van der Waals surface area contributed by atoms with Crippen molar-refractivity contribution in [3.8, 4) is 0 Å². The Balaban J connectivity index is 1.43. The van der Waals surface area contributed by atoms with E-state index in [-0.39, 0.29) is 0 Å². The van der Waals surface area contributed by atoms with E-state index in [2.05, 4.69) is 60.7 Å². The van der Waals surface area contributed by atoms with Crippen LogP contribution < -0.4 is 0 Å². The summed E-state index contributed by atoms with van der Waals surface area (Å²) in [7, 11) is 0. The van der Waals surface area contributed by atoms with Crippen LogP contribution in [0.5, 0.6) is 0 Å². The molecule has 0 unspecified atom stereocenters. The zero-order valence-electron chi connectivity index (χ0n) is 16.9. The van der Waals surface area contributed by atoms with E-state index in [0.717, 1.165) is 59.0 Å². The molecule has 2 aromatic heterocycles. The molecule has 1 aliphatic heterocycles. The molecule has 1 fully saturated rings. The third-order valence-corrected chi connectivity index (χ3v) is 5.35. The number of hydrogen-bond acceptors (Lipinski definition) is 5. The molecule has 1 aromatic carbocycles. The van der Waals surface area contributed by atoms with Crippen molar-refractivity contribution in [3.63, 3.8) is 0 Å². The monoisotopic (exact) mass is 391 g/mol. The van der Waals surface area contributed by atoms with Crippen LogP contribution in [-0.2, 0) is 24.4 Å². The second-order valence-corrected chi connectivity index (χ2v) is 7.52. The molecule has 6 nitrogen and oxygen atoms in total. The van der Waals surface area contributed by atoms with Gasteiger partial charge in [-0.3, -0.25) is 14.8 Å². The number of rotatable bonds is 9. The van der Waals surface area contributed by atoms with E-state index in [0.29, 0.717) is 0 Å². The molecule has 1 saturated heterocycles. The van der Waals surface area contributed by atoms with Crippen LogP contribution in [0, 0.1) is 0 Å². The number of ether oxygens (including phenoxy) is 1. The van der Waals surface area contributed by atoms with Crippen LogP contribution in [0.3, 0.4) is 0 Å². The normalized spacial score (nSPS) is 15.1. The minimum Gasteiger partial charge on any atom is -0.379 e. The highest BCUT2D eigenvalue weighted by atomic mass is 16.5. The number of nitrogens with zero attached hydrogens (tertiary/aromatic N) is 5. The number of hydrogen-bond donors (Lipinski definition) is 0. The summed E-state index contributed by atoms with van der Waals surface area (Å²) in [6, 6.07) is 14.7. The van der Waals surface area contributed by atoms with Gasteiger partial charge in [0.1, 0.15) is 0 Å². The molecule has 1 aliphatic rings. The second-order valence-electron chi connectivity index (χ2n) is 7.52. The number of imidazole rings is 1. The van der Waals surface area contributed by atoms with E-state index in [9.17, 15) is 0 Å². The molecule has 0 saturated carbocycles. The van der Waals surface area contributed by atoms with Crippen LogP contribution in [0.25, 0.3) is 0 Å². The number of pyridine rings is 1. The minimum atomic E-state index is 0.840. The third-order valence-electron chi connectivity index (χ3n) is 5.35. The van der Waals surface area contributed by atoms with Gasteiger partial charge in [0.25, 0.3) is 0 Å². The molecule has 0 spiro atoms. The molecule has 0 aliphatic carbocycles. The molecule has 0 atom stereocenters. The van der Waals surface area contributed by atoms with Crippen LogP contribution in [0.1, 0.15) is 16.8 Å². The summed E-state index contributed by atoms with van der Waals surface area (Å²) in [5.74, 6) is 0. The molecule has 0 bridgehead atoms. The number of benzene rings is 1. The van der Waals surface area contributed by atoms with E-state index in [1.54, 1.807) is 0 Å². The molecule has 3 heterocycles. The lowest BCUT2D eigenvalue weighted by Gasteiger charge is -2.30. The number of aromatic nitrogens is 3. The van der Waals surface area contributed by atoms with Gasteiger partial charge in [0.15, 0.2) is 0 Å². The Bertz CT molecular complexity index is 846. The van der Waals surface area contributed by atoms with Gasteiger partial charge in [0.2, 0.25) is 0 Å². The maximum atomic E-state index is 5.48. The molecular formula is C23H29N5O. The Hall–Kier alpha value is -2.54. The fourth-order valence-electron chi connectivity index (χ4n) is 3.70. The fraction of sp³-hybridized carbons (Fsp3) is 0.391. The van der Waals surface area contributed by atoms with Crippen molar-refractivity contribution in [3.05, 3.63) is 84.2 Å². The smallest absolute Gasteiger partial charge is 0.0951 e. The molecule has 29 heavy (non-hydrogen) atoms. The second kappa shape index (κ2) is 10.3. The standard InChI is InChI=1S/C23H29N5O/c1-2-5-21(6-3-1)18-28-20-25-16-23(28)19-27(17-22-7-4-8-24-15-22)10-9-26-11-13-29-14-12-26/h1-8,15-16,20H,9-14,17-19H2. The van der Waals surface area contributed by atoms with Crippen molar-refractivity contribution in [1.82, 2.24) is 24.3 Å². The first-order valence-corrected chi connectivity index (χ1v) is 10.3. The molecular weight excluding hydrogens is 362 g/mol. The SMILES string of the molecule is c1ccc(Cn2cncc2CN(CCN2CCOCC2)Cc2cccnc2)cc1. The van der Waals surface area contributed by atoms with Crippen molar-refractivity contribution >= 4 is 0 Å². The maximum Gasteiger partial charge on any atom is 0.0951 e. The summed E-state index contributed by atoms with van der Waals surface area (Å²) in [6.45, 7) is 8.38. The van der Waals surface area contributed by atoms with Crippen molar-refractivity contribution in [2.45, 2.75) is 19.6 Å². The van der Waals surface area contributed by atoms with Gasteiger partial charge in [-0.25, -0.2) is 4.98 Å². The molecule has 0 radical (unpaired) electrons. The highest BCUT2D eigenvalue weighted by Gasteiger charge is 2.15. The maximum absolute atomic E-state index is 5.48. The lowest BCUT2D eigenvalue weighted by atomic mass is 10.2. The predicted molar refractivity (Wildman–Crippen MR) is 113 cm³/mol. The van der Waals surface area contributed by atoms with Crippen LogP contribution in [-0.4, -0.2) is 63.7 Å². The highest BCUT2D eigenvalue weighted by Crippen LogP contribution is 2.12. The zero-order valence-corrected chi connectivity index (χ0v) is 16.9. The summed E-state index contributed by atoms with van der Waals surface area (Å²) in [4.78, 5) is 13.7. The molecule has 6 heteroatoms. The molecule has 3 aromatic rings. The topological polar surface area (TPSA) is 46.4 Å². The van der Waals surface area contributed by atoms with Gasteiger partial charge in [-0.1, -0.05) is 36.4 Å². The summed E-state index contributed by atoms with van der Waals surface area (Å²) in [5, 5.41) is 0. The Labute approximate surface area is 172 Å². The summed E-state index contributed by atoms with van der Waals surface area (Å²) in [6.07, 6.45) is 7.72. The van der Waals surface area contributed by atoms with E-state index >= 15 is 0 Å². The van der Waals surface area contributed by atoms with Gasteiger partial charge in [-0.2, -0.15) is 0 Å². The van der Waals surface area contributed by atoms with Gasteiger partial charge in [-0.15, -0.1) is 0 Å². The van der Waals surface area contributed by atoms with Crippen LogP contribution in [0.15, 0.2) is 67.4 Å². The Kier molecular flexibility index (Phi) is 7.02. The van der Waals surface area contributed by atoms with Crippen LogP contribution in [0.2, 0.25) is 0 Å². The minimum absolute atomic E-state index is 0.840. The average molecular weight is 392 g/mol. The quantitative estimate of drug-likeness (QED) is 0.561. The van der Waals surface area contributed by atoms with Gasteiger partial charge in [0.05, 0.1) is 25.2 Å². The first-order valence-electron chi connectivity index (χ1n) is 10.3.